The lowest BCUT2D eigenvalue weighted by Gasteiger charge is -2.25. The van der Waals surface area contributed by atoms with Gasteiger partial charge in [-0.25, -0.2) is 12.8 Å². The predicted octanol–water partition coefficient (Wildman–Crippen LogP) is 1.92. The highest BCUT2D eigenvalue weighted by Crippen LogP contribution is 2.29. The van der Waals surface area contributed by atoms with Gasteiger partial charge >= 0.3 is 0 Å². The average molecular weight is 309 g/mol. The van der Waals surface area contributed by atoms with E-state index in [1.807, 2.05) is 0 Å². The molecule has 1 aliphatic heterocycles. The fraction of sp³-hybridized carbons (Fsp3) is 0.357. The van der Waals surface area contributed by atoms with E-state index >= 15 is 0 Å². The van der Waals surface area contributed by atoms with E-state index in [9.17, 15) is 12.8 Å². The number of aromatic amines is 1. The van der Waals surface area contributed by atoms with Crippen molar-refractivity contribution < 1.29 is 12.8 Å². The second-order valence-electron chi connectivity index (χ2n) is 5.02. The molecule has 2 heterocycles. The van der Waals surface area contributed by atoms with Gasteiger partial charge in [0.25, 0.3) is 0 Å². The van der Waals surface area contributed by atoms with E-state index in [0.717, 1.165) is 16.8 Å². The van der Waals surface area contributed by atoms with Gasteiger partial charge in [0.1, 0.15) is 5.82 Å². The fourth-order valence-corrected chi connectivity index (χ4v) is 3.60. The largest absolute Gasteiger partial charge is 0.282 e. The minimum absolute atomic E-state index is 0.0894. The number of halogens is 1. The number of rotatable bonds is 3. The number of benzene rings is 1. The molecule has 1 N–H and O–H groups in total. The van der Waals surface area contributed by atoms with Crippen LogP contribution in [-0.4, -0.2) is 35.2 Å². The molecule has 21 heavy (non-hydrogen) atoms. The zero-order valence-corrected chi connectivity index (χ0v) is 12.5. The van der Waals surface area contributed by atoms with Crippen molar-refractivity contribution in [3.05, 3.63) is 41.3 Å². The molecule has 1 aliphatic rings. The van der Waals surface area contributed by atoms with Crippen LogP contribution in [0.15, 0.2) is 24.3 Å². The van der Waals surface area contributed by atoms with Crippen LogP contribution in [0, 0.1) is 5.82 Å². The maximum absolute atomic E-state index is 13.0. The van der Waals surface area contributed by atoms with Crippen molar-refractivity contribution in [3.63, 3.8) is 0 Å². The Bertz CT molecular complexity index is 753. The van der Waals surface area contributed by atoms with E-state index in [0.29, 0.717) is 25.2 Å². The van der Waals surface area contributed by atoms with Gasteiger partial charge in [-0.15, -0.1) is 0 Å². The molecular weight excluding hydrogens is 293 g/mol. The molecule has 7 heteroatoms. The van der Waals surface area contributed by atoms with Crippen LogP contribution in [0.5, 0.6) is 0 Å². The predicted molar refractivity (Wildman–Crippen MR) is 77.6 cm³/mol. The summed E-state index contributed by atoms with van der Waals surface area (Å²) in [6.07, 6.45) is 0.614. The van der Waals surface area contributed by atoms with Crippen LogP contribution in [0.1, 0.15) is 18.2 Å². The minimum atomic E-state index is -3.22. The summed E-state index contributed by atoms with van der Waals surface area (Å²) in [5.74, 6) is -0.218. The second-order valence-corrected chi connectivity index (χ2v) is 7.28. The monoisotopic (exact) mass is 309 g/mol. The summed E-state index contributed by atoms with van der Waals surface area (Å²) in [4.78, 5) is 0. The van der Waals surface area contributed by atoms with Gasteiger partial charge in [0.2, 0.25) is 10.0 Å². The zero-order chi connectivity index (χ0) is 15.0. The first kappa shape index (κ1) is 14.2. The second kappa shape index (κ2) is 5.23. The number of fused-ring (bicyclic) bond motifs is 1. The molecule has 5 nitrogen and oxygen atoms in total. The van der Waals surface area contributed by atoms with Gasteiger partial charge in [0.05, 0.1) is 11.4 Å². The van der Waals surface area contributed by atoms with E-state index < -0.39 is 10.0 Å². The summed E-state index contributed by atoms with van der Waals surface area (Å²) in [5.41, 5.74) is 3.31. The van der Waals surface area contributed by atoms with Gasteiger partial charge in [-0.3, -0.25) is 5.10 Å². The highest BCUT2D eigenvalue weighted by molar-refractivity contribution is 7.89. The normalized spacial score (nSPS) is 15.9. The van der Waals surface area contributed by atoms with E-state index in [1.165, 1.54) is 16.4 Å². The lowest BCUT2D eigenvalue weighted by atomic mass is 10.0. The maximum atomic E-state index is 13.0. The lowest BCUT2D eigenvalue weighted by molar-refractivity contribution is 0.391. The van der Waals surface area contributed by atoms with E-state index in [4.69, 9.17) is 0 Å². The summed E-state index contributed by atoms with van der Waals surface area (Å²) in [7, 11) is -3.22. The summed E-state index contributed by atoms with van der Waals surface area (Å²) < 4.78 is 38.5. The summed E-state index contributed by atoms with van der Waals surface area (Å²) >= 11 is 0. The maximum Gasteiger partial charge on any atom is 0.214 e. The number of hydrogen-bond acceptors (Lipinski definition) is 3. The van der Waals surface area contributed by atoms with E-state index in [-0.39, 0.29) is 11.6 Å². The molecule has 3 rings (SSSR count). The molecule has 112 valence electrons. The van der Waals surface area contributed by atoms with Gasteiger partial charge in [0, 0.05) is 36.3 Å². The number of aromatic nitrogens is 2. The Balaban J connectivity index is 1.98. The highest BCUT2D eigenvalue weighted by Gasteiger charge is 2.28. The van der Waals surface area contributed by atoms with Crippen molar-refractivity contribution >= 4 is 10.0 Å². The lowest BCUT2D eigenvalue weighted by Crippen LogP contribution is -2.36. The first-order valence-electron chi connectivity index (χ1n) is 6.81. The Hall–Kier alpha value is -1.73. The molecule has 0 saturated carbocycles. The van der Waals surface area contributed by atoms with E-state index in [1.54, 1.807) is 19.1 Å². The number of nitrogens with zero attached hydrogens (tertiary/aromatic N) is 2. The molecule has 0 bridgehead atoms. The summed E-state index contributed by atoms with van der Waals surface area (Å²) in [6.45, 7) is 2.42. The van der Waals surface area contributed by atoms with Crippen LogP contribution in [0.25, 0.3) is 11.3 Å². The summed E-state index contributed by atoms with van der Waals surface area (Å²) in [6, 6.07) is 6.05. The van der Waals surface area contributed by atoms with Crippen LogP contribution in [0.3, 0.4) is 0 Å². The molecule has 0 amide bonds. The topological polar surface area (TPSA) is 66.1 Å². The van der Waals surface area contributed by atoms with Gasteiger partial charge in [-0.2, -0.15) is 9.40 Å². The molecule has 0 saturated heterocycles. The third kappa shape index (κ3) is 2.58. The molecule has 0 unspecified atom stereocenters. The number of nitrogens with one attached hydrogen (secondary N) is 1. The van der Waals surface area contributed by atoms with Crippen LogP contribution in [0.2, 0.25) is 0 Å². The Morgan fingerprint density at radius 1 is 1.33 bits per heavy atom. The van der Waals surface area contributed by atoms with Crippen molar-refractivity contribution in [2.45, 2.75) is 19.9 Å². The van der Waals surface area contributed by atoms with Gasteiger partial charge < -0.3 is 0 Å². The van der Waals surface area contributed by atoms with E-state index in [2.05, 4.69) is 10.2 Å². The SMILES string of the molecule is CCS(=O)(=O)N1CCc2[nH]nc(-c3ccc(F)cc3)c2C1. The first-order valence-corrected chi connectivity index (χ1v) is 8.42. The third-order valence-corrected chi connectivity index (χ3v) is 5.60. The van der Waals surface area contributed by atoms with Gasteiger partial charge in [0.15, 0.2) is 0 Å². The van der Waals surface area contributed by atoms with Crippen molar-refractivity contribution in [2.24, 2.45) is 0 Å². The average Bonchev–Trinajstić information content (AvgIpc) is 2.91. The summed E-state index contributed by atoms with van der Waals surface area (Å²) in [5, 5.41) is 7.24. The van der Waals surface area contributed by atoms with Crippen LogP contribution in [-0.2, 0) is 23.0 Å². The zero-order valence-electron chi connectivity index (χ0n) is 11.6. The van der Waals surface area contributed by atoms with Crippen molar-refractivity contribution in [2.75, 3.05) is 12.3 Å². The molecule has 0 radical (unpaired) electrons. The Labute approximate surface area is 122 Å². The van der Waals surface area contributed by atoms with Gasteiger partial charge in [-0.05, 0) is 31.2 Å². The van der Waals surface area contributed by atoms with Crippen LogP contribution >= 0.6 is 0 Å². The van der Waals surface area contributed by atoms with Crippen molar-refractivity contribution in [3.8, 4) is 11.3 Å². The molecule has 2 aromatic rings. The Morgan fingerprint density at radius 2 is 2.05 bits per heavy atom. The Kier molecular flexibility index (Phi) is 3.54. The minimum Gasteiger partial charge on any atom is -0.282 e. The molecule has 1 aromatic heterocycles. The van der Waals surface area contributed by atoms with Crippen LogP contribution < -0.4 is 0 Å². The smallest absolute Gasteiger partial charge is 0.214 e. The molecule has 1 aromatic carbocycles. The van der Waals surface area contributed by atoms with Crippen molar-refractivity contribution in [1.29, 1.82) is 0 Å². The highest BCUT2D eigenvalue weighted by atomic mass is 32.2. The fourth-order valence-electron chi connectivity index (χ4n) is 2.54. The molecule has 0 fully saturated rings. The number of hydrogen-bond donors (Lipinski definition) is 1. The standard InChI is InChI=1S/C14H16FN3O2S/c1-2-21(19,20)18-8-7-13-12(9-18)14(17-16-13)10-3-5-11(15)6-4-10/h3-6H,2,7-9H2,1H3,(H,16,17). The molecule has 0 atom stereocenters. The molecule has 0 aliphatic carbocycles. The van der Waals surface area contributed by atoms with Gasteiger partial charge in [-0.1, -0.05) is 0 Å². The quantitative estimate of drug-likeness (QED) is 0.942. The van der Waals surface area contributed by atoms with Crippen LogP contribution in [0.4, 0.5) is 4.39 Å². The third-order valence-electron chi connectivity index (χ3n) is 3.77. The molecule has 0 spiro atoms. The Morgan fingerprint density at radius 3 is 2.71 bits per heavy atom. The molecular formula is C14H16FN3O2S. The number of sulfonamides is 1. The van der Waals surface area contributed by atoms with Crippen molar-refractivity contribution in [1.82, 2.24) is 14.5 Å². The first-order chi connectivity index (χ1) is 10.0. The number of H-pyrrole nitrogens is 1.